The molecule has 0 aromatic carbocycles. The van der Waals surface area contributed by atoms with Crippen LogP contribution in [-0.2, 0) is 0 Å². The van der Waals surface area contributed by atoms with Gasteiger partial charge in [-0.25, -0.2) is 0 Å². The topological polar surface area (TPSA) is 0 Å². The first-order chi connectivity index (χ1) is 6.02. The maximum absolute atomic E-state index is 11.9. The molecule has 0 bridgehead atoms. The van der Waals surface area contributed by atoms with Crippen molar-refractivity contribution in [3.8, 4) is 0 Å². The molecule has 0 N–H and O–H groups in total. The van der Waals surface area contributed by atoms with Gasteiger partial charge in [0.25, 0.3) is 0 Å². The van der Waals surface area contributed by atoms with Crippen LogP contribution in [0.25, 0.3) is 0 Å². The largest absolute Gasteiger partial charge is 0.397 e. The van der Waals surface area contributed by atoms with Gasteiger partial charge in [-0.15, -0.1) is 0 Å². The molecule has 0 radical (unpaired) electrons. The van der Waals surface area contributed by atoms with E-state index in [9.17, 15) is 17.6 Å². The number of rotatable bonds is 5. The number of hydrogen-bond donors (Lipinski definition) is 0. The van der Waals surface area contributed by atoms with Crippen molar-refractivity contribution in [3.05, 3.63) is 12.2 Å². The Morgan fingerprint density at radius 2 is 1.92 bits per heavy atom. The van der Waals surface area contributed by atoms with E-state index in [0.29, 0.717) is 6.42 Å². The predicted molar refractivity (Wildman–Crippen MR) is 44.2 cm³/mol. The molecule has 0 aliphatic carbocycles. The Kier molecular flexibility index (Phi) is 5.75. The van der Waals surface area contributed by atoms with Crippen LogP contribution in [-0.4, -0.2) is 12.9 Å². The molecule has 0 heterocycles. The third-order valence-electron chi connectivity index (χ3n) is 1.68. The minimum absolute atomic E-state index is 0.586. The van der Waals surface area contributed by atoms with Gasteiger partial charge in [0.05, 0.1) is 0 Å². The average Bonchev–Trinajstić information content (AvgIpc) is 2.02. The highest BCUT2D eigenvalue weighted by Crippen LogP contribution is 2.27. The van der Waals surface area contributed by atoms with Crippen molar-refractivity contribution in [1.29, 1.82) is 0 Å². The highest BCUT2D eigenvalue weighted by atomic mass is 19.4. The van der Waals surface area contributed by atoms with Gasteiger partial charge < -0.3 is 0 Å². The molecule has 0 saturated carbocycles. The van der Waals surface area contributed by atoms with Crippen LogP contribution in [0, 0.1) is 5.92 Å². The first-order valence-electron chi connectivity index (χ1n) is 4.31. The highest BCUT2D eigenvalue weighted by Gasteiger charge is 2.37. The molecule has 0 saturated heterocycles. The van der Waals surface area contributed by atoms with E-state index >= 15 is 0 Å². The molecule has 0 aliphatic rings. The third-order valence-corrected chi connectivity index (χ3v) is 1.68. The summed E-state index contributed by atoms with van der Waals surface area (Å²) < 4.78 is 47.7. The lowest BCUT2D eigenvalue weighted by molar-refractivity contribution is -0.164. The van der Waals surface area contributed by atoms with E-state index in [1.54, 1.807) is 0 Å². The van der Waals surface area contributed by atoms with Crippen LogP contribution in [0.5, 0.6) is 0 Å². The monoisotopic (exact) mass is 198 g/mol. The highest BCUT2D eigenvalue weighted by molar-refractivity contribution is 4.91. The molecule has 0 aliphatic heterocycles. The van der Waals surface area contributed by atoms with Gasteiger partial charge >= 0.3 is 6.18 Å². The fraction of sp³-hybridized carbons (Fsp3) is 0.778. The Morgan fingerprint density at radius 3 is 2.31 bits per heavy atom. The molecule has 0 rings (SSSR count). The van der Waals surface area contributed by atoms with E-state index in [1.807, 2.05) is 6.92 Å². The third kappa shape index (κ3) is 5.66. The molecule has 0 amide bonds. The van der Waals surface area contributed by atoms with Gasteiger partial charge in [0, 0.05) is 0 Å². The minimum Gasteiger partial charge on any atom is -0.250 e. The van der Waals surface area contributed by atoms with Crippen molar-refractivity contribution < 1.29 is 17.6 Å². The summed E-state index contributed by atoms with van der Waals surface area (Å²) in [4.78, 5) is 0. The number of hydrogen-bond acceptors (Lipinski definition) is 0. The van der Waals surface area contributed by atoms with Crippen molar-refractivity contribution in [2.24, 2.45) is 5.92 Å². The lowest BCUT2D eigenvalue weighted by atomic mass is 10.1. The Balaban J connectivity index is 3.91. The van der Waals surface area contributed by atoms with Crippen LogP contribution in [0.1, 0.15) is 26.2 Å². The summed E-state index contributed by atoms with van der Waals surface area (Å²) in [5.74, 6) is -1.93. The molecule has 13 heavy (non-hydrogen) atoms. The zero-order valence-electron chi connectivity index (χ0n) is 7.57. The second-order valence-electron chi connectivity index (χ2n) is 2.87. The number of allylic oxidation sites excluding steroid dienone is 2. The molecule has 78 valence electrons. The van der Waals surface area contributed by atoms with E-state index < -0.39 is 18.8 Å². The number of alkyl halides is 4. The van der Waals surface area contributed by atoms with E-state index in [0.717, 1.165) is 18.9 Å². The lowest BCUT2D eigenvalue weighted by Crippen LogP contribution is -2.22. The van der Waals surface area contributed by atoms with Crippen LogP contribution in [0.4, 0.5) is 17.6 Å². The maximum atomic E-state index is 11.9. The van der Waals surface area contributed by atoms with Gasteiger partial charge in [0.15, 0.2) is 0 Å². The van der Waals surface area contributed by atoms with Crippen LogP contribution >= 0.6 is 0 Å². The zero-order chi connectivity index (χ0) is 10.3. The molecule has 0 spiro atoms. The molecule has 0 fully saturated rings. The number of unbranched alkanes of at least 4 members (excludes halogenated alkanes) is 2. The quantitative estimate of drug-likeness (QED) is 0.357. The van der Waals surface area contributed by atoms with Crippen molar-refractivity contribution in [3.63, 3.8) is 0 Å². The van der Waals surface area contributed by atoms with E-state index in [2.05, 4.69) is 0 Å². The molecule has 0 aromatic heterocycles. The van der Waals surface area contributed by atoms with E-state index in [4.69, 9.17) is 0 Å². The molecule has 1 unspecified atom stereocenters. The smallest absolute Gasteiger partial charge is 0.250 e. The summed E-state index contributed by atoms with van der Waals surface area (Å²) >= 11 is 0. The molecule has 0 nitrogen and oxygen atoms in total. The summed E-state index contributed by atoms with van der Waals surface area (Å²) in [5, 5.41) is 0. The maximum Gasteiger partial charge on any atom is 0.397 e. The van der Waals surface area contributed by atoms with Gasteiger partial charge in [0.2, 0.25) is 0 Å². The molecular formula is C9H14F4. The van der Waals surface area contributed by atoms with E-state index in [-0.39, 0.29) is 0 Å². The Hall–Kier alpha value is -0.540. The normalized spacial score (nSPS) is 15.2. The van der Waals surface area contributed by atoms with E-state index in [1.165, 1.54) is 6.08 Å². The van der Waals surface area contributed by atoms with Crippen molar-refractivity contribution in [2.45, 2.75) is 32.4 Å². The van der Waals surface area contributed by atoms with Gasteiger partial charge in [-0.05, 0) is 6.42 Å². The summed E-state index contributed by atoms with van der Waals surface area (Å²) in [6, 6.07) is 0. The van der Waals surface area contributed by atoms with Crippen LogP contribution in [0.15, 0.2) is 12.2 Å². The Labute approximate surface area is 75.6 Å². The molecular weight excluding hydrogens is 184 g/mol. The van der Waals surface area contributed by atoms with Crippen LogP contribution in [0.2, 0.25) is 0 Å². The standard InChI is InChI=1S/C9H14F4/c1-2-3-4-5-6-8(7-10)9(11,12)13/h5-6,8H,2-4,7H2,1H3. The fourth-order valence-corrected chi connectivity index (χ4v) is 0.830. The molecule has 1 atom stereocenters. The Bertz CT molecular complexity index is 148. The summed E-state index contributed by atoms with van der Waals surface area (Å²) in [6.07, 6.45) is 0.224. The second-order valence-corrected chi connectivity index (χ2v) is 2.87. The molecule has 4 heteroatoms. The van der Waals surface area contributed by atoms with Gasteiger partial charge in [-0.3, -0.25) is 4.39 Å². The minimum atomic E-state index is -4.45. The van der Waals surface area contributed by atoms with Crippen LogP contribution in [0.3, 0.4) is 0 Å². The predicted octanol–water partition coefficient (Wildman–Crippen LogP) is 3.88. The first kappa shape index (κ1) is 12.5. The van der Waals surface area contributed by atoms with Gasteiger partial charge in [-0.2, -0.15) is 13.2 Å². The summed E-state index contributed by atoms with van der Waals surface area (Å²) in [5.41, 5.74) is 0. The number of halogens is 4. The fourth-order valence-electron chi connectivity index (χ4n) is 0.830. The first-order valence-corrected chi connectivity index (χ1v) is 4.31. The van der Waals surface area contributed by atoms with Gasteiger partial charge in [-0.1, -0.05) is 31.9 Å². The lowest BCUT2D eigenvalue weighted by Gasteiger charge is -2.12. The van der Waals surface area contributed by atoms with Crippen molar-refractivity contribution in [2.75, 3.05) is 6.67 Å². The summed E-state index contributed by atoms with van der Waals surface area (Å²) in [6.45, 7) is 0.580. The molecule has 0 aromatic rings. The van der Waals surface area contributed by atoms with Crippen LogP contribution < -0.4 is 0 Å². The zero-order valence-corrected chi connectivity index (χ0v) is 7.57. The second kappa shape index (κ2) is 6.00. The van der Waals surface area contributed by atoms with Crippen molar-refractivity contribution in [1.82, 2.24) is 0 Å². The SMILES string of the molecule is CCCCC=CC(CF)C(F)(F)F. The van der Waals surface area contributed by atoms with Gasteiger partial charge in [0.1, 0.15) is 12.6 Å². The summed E-state index contributed by atoms with van der Waals surface area (Å²) in [7, 11) is 0. The Morgan fingerprint density at radius 1 is 1.31 bits per heavy atom. The van der Waals surface area contributed by atoms with Crippen molar-refractivity contribution >= 4 is 0 Å². The average molecular weight is 198 g/mol.